The van der Waals surface area contributed by atoms with E-state index in [4.69, 9.17) is 15.2 Å². The van der Waals surface area contributed by atoms with Gasteiger partial charge < -0.3 is 15.2 Å². The van der Waals surface area contributed by atoms with Crippen molar-refractivity contribution in [1.82, 2.24) is 4.90 Å². The molecule has 4 heteroatoms. The molecule has 2 atom stereocenters. The minimum absolute atomic E-state index is 0.617. The summed E-state index contributed by atoms with van der Waals surface area (Å²) in [5, 5.41) is 0. The van der Waals surface area contributed by atoms with Crippen molar-refractivity contribution in [2.75, 3.05) is 26.8 Å². The molecule has 0 spiro atoms. The van der Waals surface area contributed by atoms with Crippen molar-refractivity contribution in [3.05, 3.63) is 23.8 Å². The van der Waals surface area contributed by atoms with Crippen LogP contribution in [0.3, 0.4) is 0 Å². The molecule has 2 N–H and O–H groups in total. The van der Waals surface area contributed by atoms with Gasteiger partial charge in [0, 0.05) is 19.0 Å². The topological polar surface area (TPSA) is 47.7 Å². The maximum absolute atomic E-state index is 5.90. The molecule has 1 aliphatic heterocycles. The zero-order chi connectivity index (χ0) is 14.7. The minimum atomic E-state index is 0.617. The average Bonchev–Trinajstić information content (AvgIpc) is 2.86. The lowest BCUT2D eigenvalue weighted by molar-refractivity contribution is 0.192. The van der Waals surface area contributed by atoms with Crippen LogP contribution in [0.15, 0.2) is 18.2 Å². The minimum Gasteiger partial charge on any atom is -0.490 e. The normalized spacial score (nSPS) is 25.1. The zero-order valence-corrected chi connectivity index (χ0v) is 12.9. The fraction of sp³-hybridized carbons (Fsp3) is 0.647. The Morgan fingerprint density at radius 2 is 1.95 bits per heavy atom. The first-order valence-electron chi connectivity index (χ1n) is 8.07. The molecule has 1 aromatic rings. The van der Waals surface area contributed by atoms with Crippen LogP contribution in [0, 0.1) is 5.92 Å². The highest BCUT2D eigenvalue weighted by molar-refractivity contribution is 5.43. The molecular formula is C17H26N2O2. The van der Waals surface area contributed by atoms with Crippen LogP contribution in [-0.2, 0) is 6.54 Å². The van der Waals surface area contributed by atoms with Crippen LogP contribution >= 0.6 is 0 Å². The molecule has 1 saturated carbocycles. The summed E-state index contributed by atoms with van der Waals surface area (Å²) in [6.45, 7) is 3.23. The number of rotatable bonds is 4. The van der Waals surface area contributed by atoms with Crippen molar-refractivity contribution in [3.63, 3.8) is 0 Å². The molecule has 0 saturated heterocycles. The molecule has 1 aliphatic carbocycles. The standard InChI is InChI=1S/C17H26N2O2/c1-19(15-5-2-4-14(15)11-18)12-13-6-7-16-17(10-13)21-9-3-8-20-16/h6-7,10,14-15H,2-5,8-9,11-12,18H2,1H3. The van der Waals surface area contributed by atoms with Gasteiger partial charge in [-0.05, 0) is 50.0 Å². The second kappa shape index (κ2) is 6.67. The molecule has 3 rings (SSSR count). The molecule has 116 valence electrons. The van der Waals surface area contributed by atoms with Gasteiger partial charge in [-0.25, -0.2) is 0 Å². The van der Waals surface area contributed by atoms with E-state index in [0.29, 0.717) is 12.0 Å². The molecule has 21 heavy (non-hydrogen) atoms. The van der Waals surface area contributed by atoms with Gasteiger partial charge in [-0.3, -0.25) is 4.90 Å². The van der Waals surface area contributed by atoms with Crippen molar-refractivity contribution in [1.29, 1.82) is 0 Å². The smallest absolute Gasteiger partial charge is 0.161 e. The summed E-state index contributed by atoms with van der Waals surface area (Å²) in [7, 11) is 2.21. The third-order valence-corrected chi connectivity index (χ3v) is 4.73. The second-order valence-corrected chi connectivity index (χ2v) is 6.24. The van der Waals surface area contributed by atoms with E-state index in [2.05, 4.69) is 24.1 Å². The van der Waals surface area contributed by atoms with E-state index in [1.165, 1.54) is 24.8 Å². The predicted molar refractivity (Wildman–Crippen MR) is 83.7 cm³/mol. The molecule has 0 radical (unpaired) electrons. The first kappa shape index (κ1) is 14.7. The summed E-state index contributed by atoms with van der Waals surface area (Å²) < 4.78 is 11.5. The maximum Gasteiger partial charge on any atom is 0.161 e. The molecule has 4 nitrogen and oxygen atoms in total. The lowest BCUT2D eigenvalue weighted by atomic mass is 10.0. The van der Waals surface area contributed by atoms with Gasteiger partial charge in [0.15, 0.2) is 11.5 Å². The Kier molecular flexibility index (Phi) is 4.66. The quantitative estimate of drug-likeness (QED) is 0.925. The van der Waals surface area contributed by atoms with Crippen molar-refractivity contribution < 1.29 is 9.47 Å². The number of hydrogen-bond donors (Lipinski definition) is 1. The van der Waals surface area contributed by atoms with Gasteiger partial charge in [0.25, 0.3) is 0 Å². The molecule has 0 amide bonds. The van der Waals surface area contributed by atoms with Crippen molar-refractivity contribution in [3.8, 4) is 11.5 Å². The molecule has 2 unspecified atom stereocenters. The average molecular weight is 290 g/mol. The highest BCUT2D eigenvalue weighted by Crippen LogP contribution is 2.33. The first-order valence-corrected chi connectivity index (χ1v) is 8.07. The van der Waals surface area contributed by atoms with Gasteiger partial charge in [0.2, 0.25) is 0 Å². The van der Waals surface area contributed by atoms with E-state index in [1.807, 2.05) is 6.07 Å². The molecule has 0 bridgehead atoms. The Morgan fingerprint density at radius 3 is 2.76 bits per heavy atom. The van der Waals surface area contributed by atoms with Crippen LogP contribution in [0.1, 0.15) is 31.2 Å². The van der Waals surface area contributed by atoms with Gasteiger partial charge in [-0.15, -0.1) is 0 Å². The third kappa shape index (κ3) is 3.33. The van der Waals surface area contributed by atoms with Gasteiger partial charge in [0.05, 0.1) is 13.2 Å². The Labute approximate surface area is 127 Å². The van der Waals surface area contributed by atoms with Crippen LogP contribution < -0.4 is 15.2 Å². The lowest BCUT2D eigenvalue weighted by Crippen LogP contribution is -2.37. The molecule has 1 heterocycles. The van der Waals surface area contributed by atoms with E-state index < -0.39 is 0 Å². The Bertz CT molecular complexity index is 478. The van der Waals surface area contributed by atoms with E-state index in [1.54, 1.807) is 0 Å². The van der Waals surface area contributed by atoms with Gasteiger partial charge >= 0.3 is 0 Å². The SMILES string of the molecule is CN(Cc1ccc2c(c1)OCCCO2)C1CCCC1CN. The van der Waals surface area contributed by atoms with Crippen molar-refractivity contribution in [2.45, 2.75) is 38.3 Å². The highest BCUT2D eigenvalue weighted by atomic mass is 16.5. The first-order chi connectivity index (χ1) is 10.3. The van der Waals surface area contributed by atoms with Gasteiger partial charge in [-0.2, -0.15) is 0 Å². The number of hydrogen-bond acceptors (Lipinski definition) is 4. The lowest BCUT2D eigenvalue weighted by Gasteiger charge is -2.29. The third-order valence-electron chi connectivity index (χ3n) is 4.73. The number of ether oxygens (including phenoxy) is 2. The number of fused-ring (bicyclic) bond motifs is 1. The van der Waals surface area contributed by atoms with Crippen LogP contribution in [0.4, 0.5) is 0 Å². The molecular weight excluding hydrogens is 264 g/mol. The molecule has 0 aromatic heterocycles. The molecule has 1 fully saturated rings. The van der Waals surface area contributed by atoms with Gasteiger partial charge in [0.1, 0.15) is 0 Å². The molecule has 1 aromatic carbocycles. The summed E-state index contributed by atoms with van der Waals surface area (Å²) in [6.07, 6.45) is 4.79. The summed E-state index contributed by atoms with van der Waals surface area (Å²) in [5.74, 6) is 2.41. The van der Waals surface area contributed by atoms with Crippen molar-refractivity contribution in [2.24, 2.45) is 11.7 Å². The fourth-order valence-corrected chi connectivity index (χ4v) is 3.58. The van der Waals surface area contributed by atoms with E-state index in [9.17, 15) is 0 Å². The van der Waals surface area contributed by atoms with Crippen LogP contribution in [0.25, 0.3) is 0 Å². The number of nitrogens with two attached hydrogens (primary N) is 1. The Balaban J connectivity index is 1.68. The summed E-state index contributed by atoms with van der Waals surface area (Å²) >= 11 is 0. The largest absolute Gasteiger partial charge is 0.490 e. The summed E-state index contributed by atoms with van der Waals surface area (Å²) in [6, 6.07) is 6.93. The number of benzene rings is 1. The van der Waals surface area contributed by atoms with Crippen LogP contribution in [0.2, 0.25) is 0 Å². The van der Waals surface area contributed by atoms with Gasteiger partial charge in [-0.1, -0.05) is 12.5 Å². The summed E-state index contributed by atoms with van der Waals surface area (Å²) in [5.41, 5.74) is 7.18. The molecule has 2 aliphatic rings. The van der Waals surface area contributed by atoms with Crippen LogP contribution in [0.5, 0.6) is 11.5 Å². The van der Waals surface area contributed by atoms with E-state index >= 15 is 0 Å². The maximum atomic E-state index is 5.90. The number of nitrogens with zero attached hydrogens (tertiary/aromatic N) is 1. The highest BCUT2D eigenvalue weighted by Gasteiger charge is 2.29. The monoisotopic (exact) mass is 290 g/mol. The van der Waals surface area contributed by atoms with E-state index in [-0.39, 0.29) is 0 Å². The fourth-order valence-electron chi connectivity index (χ4n) is 3.58. The van der Waals surface area contributed by atoms with Crippen molar-refractivity contribution >= 4 is 0 Å². The summed E-state index contributed by atoms with van der Waals surface area (Å²) in [4.78, 5) is 2.45. The van der Waals surface area contributed by atoms with E-state index in [0.717, 1.165) is 44.2 Å². The van der Waals surface area contributed by atoms with Crippen LogP contribution in [-0.4, -0.2) is 37.7 Å². The predicted octanol–water partition coefficient (Wildman–Crippen LogP) is 2.41. The zero-order valence-electron chi connectivity index (χ0n) is 12.9. The Morgan fingerprint density at radius 1 is 1.14 bits per heavy atom. The second-order valence-electron chi connectivity index (χ2n) is 6.24. The Hall–Kier alpha value is -1.26.